The summed E-state index contributed by atoms with van der Waals surface area (Å²) in [6, 6.07) is 12.6. The Balaban J connectivity index is 1.86. The molecule has 0 saturated heterocycles. The molecule has 0 fully saturated rings. The zero-order valence-electron chi connectivity index (χ0n) is 14.1. The van der Waals surface area contributed by atoms with Crippen LogP contribution < -0.4 is 15.7 Å². The highest BCUT2D eigenvalue weighted by atomic mass is 19.3. The number of hydrazone groups is 1. The molecule has 0 aliphatic carbocycles. The smallest absolute Gasteiger partial charge is 0.387 e. The van der Waals surface area contributed by atoms with E-state index in [4.69, 9.17) is 0 Å². The lowest BCUT2D eigenvalue weighted by molar-refractivity contribution is -0.0499. The van der Waals surface area contributed by atoms with E-state index in [0.29, 0.717) is 10.8 Å². The summed E-state index contributed by atoms with van der Waals surface area (Å²) in [5.74, 6) is -0.721. The molecular formula is C18H14F2N4O3. The standard InChI is InChI=1S/C18H14F2N4O3/c1-24-17(26)13-8-4-3-7-12(13)15(23-24)16(25)22-21-10-11-6-2-5-9-14(11)27-18(19)20/h2-10,18H,1H3,(H,22,25)/b21-10+. The van der Waals surface area contributed by atoms with E-state index < -0.39 is 12.5 Å². The molecule has 1 aromatic heterocycles. The Bertz CT molecular complexity index is 1080. The van der Waals surface area contributed by atoms with Crippen molar-refractivity contribution in [2.45, 2.75) is 6.61 Å². The monoisotopic (exact) mass is 372 g/mol. The number of fused-ring (bicyclic) bond motifs is 1. The normalized spacial score (nSPS) is 11.3. The van der Waals surface area contributed by atoms with E-state index in [0.717, 1.165) is 4.68 Å². The fourth-order valence-electron chi connectivity index (χ4n) is 2.47. The minimum absolute atomic E-state index is 0.0157. The summed E-state index contributed by atoms with van der Waals surface area (Å²) in [6.07, 6.45) is 1.18. The van der Waals surface area contributed by atoms with Crippen molar-refractivity contribution in [1.29, 1.82) is 0 Å². The number of hydrogen-bond acceptors (Lipinski definition) is 5. The van der Waals surface area contributed by atoms with Gasteiger partial charge in [-0.2, -0.15) is 19.0 Å². The van der Waals surface area contributed by atoms with E-state index in [1.54, 1.807) is 30.3 Å². The average Bonchev–Trinajstić information content (AvgIpc) is 2.65. The molecule has 3 aromatic rings. The van der Waals surface area contributed by atoms with Crippen molar-refractivity contribution in [2.24, 2.45) is 12.1 Å². The number of halogens is 2. The number of para-hydroxylation sites is 1. The van der Waals surface area contributed by atoms with Crippen molar-refractivity contribution in [2.75, 3.05) is 0 Å². The number of aryl methyl sites for hydroxylation is 1. The molecule has 0 aliphatic heterocycles. The van der Waals surface area contributed by atoms with Gasteiger partial charge in [-0.1, -0.05) is 30.3 Å². The third-order valence-electron chi connectivity index (χ3n) is 3.68. The van der Waals surface area contributed by atoms with Gasteiger partial charge in [0.15, 0.2) is 5.69 Å². The van der Waals surface area contributed by atoms with Gasteiger partial charge in [-0.05, 0) is 18.2 Å². The Kier molecular flexibility index (Phi) is 5.20. The first-order valence-corrected chi connectivity index (χ1v) is 7.80. The minimum atomic E-state index is -2.98. The van der Waals surface area contributed by atoms with E-state index in [2.05, 4.69) is 20.4 Å². The van der Waals surface area contributed by atoms with E-state index in [1.807, 2.05) is 0 Å². The van der Waals surface area contributed by atoms with Crippen LogP contribution in [0.3, 0.4) is 0 Å². The maximum atomic E-state index is 12.4. The molecule has 3 rings (SSSR count). The zero-order chi connectivity index (χ0) is 19.4. The fourth-order valence-corrected chi connectivity index (χ4v) is 2.47. The highest BCUT2D eigenvalue weighted by molar-refractivity contribution is 6.05. The van der Waals surface area contributed by atoms with Gasteiger partial charge in [0.05, 0.1) is 11.6 Å². The van der Waals surface area contributed by atoms with Crippen molar-refractivity contribution in [1.82, 2.24) is 15.2 Å². The maximum absolute atomic E-state index is 12.4. The topological polar surface area (TPSA) is 85.6 Å². The van der Waals surface area contributed by atoms with Crippen molar-refractivity contribution in [3.63, 3.8) is 0 Å². The quantitative estimate of drug-likeness (QED) is 0.550. The van der Waals surface area contributed by atoms with E-state index >= 15 is 0 Å². The van der Waals surface area contributed by atoms with Crippen LogP contribution in [0.1, 0.15) is 16.1 Å². The van der Waals surface area contributed by atoms with Crippen molar-refractivity contribution < 1.29 is 18.3 Å². The molecule has 27 heavy (non-hydrogen) atoms. The maximum Gasteiger partial charge on any atom is 0.387 e. The number of nitrogens with zero attached hydrogens (tertiary/aromatic N) is 3. The Labute approximate surface area is 151 Å². The van der Waals surface area contributed by atoms with Crippen LogP contribution in [-0.2, 0) is 7.05 Å². The summed E-state index contributed by atoms with van der Waals surface area (Å²) >= 11 is 0. The number of alkyl halides is 2. The molecule has 0 aliphatic rings. The molecule has 0 spiro atoms. The molecule has 0 saturated carbocycles. The summed E-state index contributed by atoms with van der Waals surface area (Å²) in [7, 11) is 1.44. The number of nitrogens with one attached hydrogen (secondary N) is 1. The van der Waals surface area contributed by atoms with Gasteiger partial charge in [0.2, 0.25) is 0 Å². The average molecular weight is 372 g/mol. The highest BCUT2D eigenvalue weighted by Crippen LogP contribution is 2.18. The summed E-state index contributed by atoms with van der Waals surface area (Å²) in [4.78, 5) is 24.5. The SMILES string of the molecule is Cn1nc(C(=O)N/N=C/c2ccccc2OC(F)F)c2ccccc2c1=O. The Morgan fingerprint density at radius 2 is 1.85 bits per heavy atom. The van der Waals surface area contributed by atoms with Crippen LogP contribution in [0.25, 0.3) is 10.8 Å². The second-order valence-corrected chi connectivity index (χ2v) is 5.44. The number of aromatic nitrogens is 2. The van der Waals surface area contributed by atoms with Gasteiger partial charge in [-0.25, -0.2) is 10.1 Å². The summed E-state index contributed by atoms with van der Waals surface area (Å²) in [6.45, 7) is -2.98. The third-order valence-corrected chi connectivity index (χ3v) is 3.68. The number of carbonyl (C=O) groups excluding carboxylic acids is 1. The largest absolute Gasteiger partial charge is 0.434 e. The fraction of sp³-hybridized carbons (Fsp3) is 0.111. The number of amides is 1. The molecule has 1 heterocycles. The van der Waals surface area contributed by atoms with E-state index in [1.165, 1.54) is 31.5 Å². The molecule has 0 bridgehead atoms. The van der Waals surface area contributed by atoms with E-state index in [9.17, 15) is 18.4 Å². The van der Waals surface area contributed by atoms with Crippen LogP contribution in [0.5, 0.6) is 5.75 Å². The summed E-state index contributed by atoms with van der Waals surface area (Å²) in [5, 5.41) is 8.48. The van der Waals surface area contributed by atoms with Crippen LogP contribution >= 0.6 is 0 Å². The van der Waals surface area contributed by atoms with Gasteiger partial charge in [0, 0.05) is 18.0 Å². The second kappa shape index (κ2) is 7.73. The predicted molar refractivity (Wildman–Crippen MR) is 95.1 cm³/mol. The van der Waals surface area contributed by atoms with Crippen LogP contribution in [0.2, 0.25) is 0 Å². The predicted octanol–water partition coefficient (Wildman–Crippen LogP) is 2.30. The van der Waals surface area contributed by atoms with Gasteiger partial charge < -0.3 is 4.74 Å². The molecule has 7 nitrogen and oxygen atoms in total. The molecule has 0 unspecified atom stereocenters. The molecule has 1 amide bonds. The number of ether oxygens (including phenoxy) is 1. The molecule has 2 aromatic carbocycles. The minimum Gasteiger partial charge on any atom is -0.434 e. The first-order chi connectivity index (χ1) is 13.0. The lowest BCUT2D eigenvalue weighted by Gasteiger charge is -2.08. The van der Waals surface area contributed by atoms with Gasteiger partial charge in [-0.15, -0.1) is 0 Å². The van der Waals surface area contributed by atoms with Gasteiger partial charge in [0.1, 0.15) is 5.75 Å². The number of carbonyl (C=O) groups is 1. The van der Waals surface area contributed by atoms with Crippen molar-refractivity contribution >= 4 is 22.9 Å². The summed E-state index contributed by atoms with van der Waals surface area (Å²) < 4.78 is 30.3. The first-order valence-electron chi connectivity index (χ1n) is 7.80. The number of rotatable bonds is 5. The van der Waals surface area contributed by atoms with E-state index in [-0.39, 0.29) is 22.6 Å². The highest BCUT2D eigenvalue weighted by Gasteiger charge is 2.15. The van der Waals surface area contributed by atoms with Crippen LogP contribution in [0, 0.1) is 0 Å². The Morgan fingerprint density at radius 3 is 2.59 bits per heavy atom. The number of hydrogen-bond donors (Lipinski definition) is 1. The lowest BCUT2D eigenvalue weighted by Crippen LogP contribution is -2.27. The third kappa shape index (κ3) is 3.97. The van der Waals surface area contributed by atoms with Gasteiger partial charge in [-0.3, -0.25) is 9.59 Å². The number of benzene rings is 2. The molecule has 1 N–H and O–H groups in total. The Morgan fingerprint density at radius 1 is 1.19 bits per heavy atom. The van der Waals surface area contributed by atoms with Crippen LogP contribution in [0.15, 0.2) is 58.4 Å². The molecular weight excluding hydrogens is 358 g/mol. The van der Waals surface area contributed by atoms with Crippen molar-refractivity contribution in [3.05, 3.63) is 70.1 Å². The Hall–Kier alpha value is -3.62. The van der Waals surface area contributed by atoms with Gasteiger partial charge >= 0.3 is 6.61 Å². The molecule has 138 valence electrons. The lowest BCUT2D eigenvalue weighted by atomic mass is 10.1. The van der Waals surface area contributed by atoms with Crippen LogP contribution in [0.4, 0.5) is 8.78 Å². The molecule has 0 atom stereocenters. The van der Waals surface area contributed by atoms with Gasteiger partial charge in [0.25, 0.3) is 11.5 Å². The molecule has 9 heteroatoms. The molecule has 0 radical (unpaired) electrons. The van der Waals surface area contributed by atoms with Crippen molar-refractivity contribution in [3.8, 4) is 5.75 Å². The zero-order valence-corrected chi connectivity index (χ0v) is 14.1. The second-order valence-electron chi connectivity index (χ2n) is 5.44. The summed E-state index contributed by atoms with van der Waals surface area (Å²) in [5.41, 5.74) is 2.22. The van der Waals surface area contributed by atoms with Crippen LogP contribution in [-0.4, -0.2) is 28.5 Å². The first kappa shape index (κ1) is 18.2.